The Hall–Kier alpha value is 0.0700. The number of phosphoric acid groups is 1. The number of hydrogen-bond donors (Lipinski definition) is 2. The molecule has 2 atom stereocenters. The minimum atomic E-state index is -4.37. The molecule has 1 saturated heterocycles. The molecule has 0 aromatic heterocycles. The molecule has 2 unspecified atom stereocenters. The van der Waals surface area contributed by atoms with E-state index in [1.807, 2.05) is 0 Å². The van der Waals surface area contributed by atoms with E-state index in [0.717, 1.165) is 45.1 Å². The Balaban J connectivity index is 2.17. The van der Waals surface area contributed by atoms with Gasteiger partial charge in [-0.15, -0.1) is 0 Å². The van der Waals surface area contributed by atoms with Crippen molar-refractivity contribution in [1.82, 2.24) is 0 Å². The van der Waals surface area contributed by atoms with Crippen LogP contribution in [0.25, 0.3) is 0 Å². The van der Waals surface area contributed by atoms with Gasteiger partial charge < -0.3 is 14.5 Å². The molecule has 2 N–H and O–H groups in total. The van der Waals surface area contributed by atoms with E-state index in [4.69, 9.17) is 19.0 Å². The first-order valence-electron chi connectivity index (χ1n) is 7.87. The standard InChI is InChI=1S/C14H29O5P/c1-2-3-4-5-6-8-14(19-20(15,16)17)10-7-9-13-11-12-18-13/h13-14H,2-12H2,1H3,(H2,15,16,17). The molecule has 6 heteroatoms. The summed E-state index contributed by atoms with van der Waals surface area (Å²) in [7, 11) is -4.37. The van der Waals surface area contributed by atoms with E-state index in [1.54, 1.807) is 0 Å². The fraction of sp³-hybridized carbons (Fsp3) is 1.00. The number of unbranched alkanes of at least 4 members (excludes halogenated alkanes) is 4. The molecule has 5 nitrogen and oxygen atoms in total. The molecule has 1 aliphatic heterocycles. The van der Waals surface area contributed by atoms with Crippen LogP contribution in [-0.4, -0.2) is 28.6 Å². The van der Waals surface area contributed by atoms with Gasteiger partial charge in [-0.25, -0.2) is 4.57 Å². The Kier molecular flexibility index (Phi) is 8.98. The molecular formula is C14H29O5P. The number of ether oxygens (including phenoxy) is 1. The number of phosphoric ester groups is 1. The molecular weight excluding hydrogens is 279 g/mol. The highest BCUT2D eigenvalue weighted by Gasteiger charge is 2.23. The summed E-state index contributed by atoms with van der Waals surface area (Å²) in [4.78, 5) is 17.9. The number of hydrogen-bond acceptors (Lipinski definition) is 3. The molecule has 0 saturated carbocycles. The van der Waals surface area contributed by atoms with Crippen LogP contribution in [0, 0.1) is 0 Å². The van der Waals surface area contributed by atoms with Gasteiger partial charge in [0.1, 0.15) is 0 Å². The lowest BCUT2D eigenvalue weighted by atomic mass is 10.0. The second-order valence-electron chi connectivity index (χ2n) is 5.63. The summed E-state index contributed by atoms with van der Waals surface area (Å²) in [5.41, 5.74) is 0. The van der Waals surface area contributed by atoms with E-state index < -0.39 is 7.82 Å². The molecule has 0 radical (unpaired) electrons. The predicted octanol–water partition coefficient (Wildman–Crippen LogP) is 3.78. The highest BCUT2D eigenvalue weighted by Crippen LogP contribution is 2.40. The van der Waals surface area contributed by atoms with E-state index in [9.17, 15) is 4.57 Å². The molecule has 0 aliphatic carbocycles. The molecule has 120 valence electrons. The van der Waals surface area contributed by atoms with Gasteiger partial charge in [0.25, 0.3) is 0 Å². The highest BCUT2D eigenvalue weighted by molar-refractivity contribution is 7.46. The zero-order valence-corrected chi connectivity index (χ0v) is 13.4. The first kappa shape index (κ1) is 18.1. The fourth-order valence-electron chi connectivity index (χ4n) is 2.50. The van der Waals surface area contributed by atoms with Crippen molar-refractivity contribution in [2.75, 3.05) is 6.61 Å². The third kappa shape index (κ3) is 9.09. The molecule has 1 aliphatic rings. The second kappa shape index (κ2) is 9.91. The van der Waals surface area contributed by atoms with Gasteiger partial charge in [0.15, 0.2) is 0 Å². The zero-order chi connectivity index (χ0) is 14.8. The third-order valence-corrected chi connectivity index (χ3v) is 4.33. The first-order valence-corrected chi connectivity index (χ1v) is 9.40. The Morgan fingerprint density at radius 2 is 1.85 bits per heavy atom. The average molecular weight is 308 g/mol. The average Bonchev–Trinajstić information content (AvgIpc) is 2.29. The third-order valence-electron chi connectivity index (χ3n) is 3.76. The molecule has 0 spiro atoms. The predicted molar refractivity (Wildman–Crippen MR) is 78.5 cm³/mol. The minimum Gasteiger partial charge on any atom is -0.378 e. The Morgan fingerprint density at radius 3 is 2.40 bits per heavy atom. The van der Waals surface area contributed by atoms with E-state index >= 15 is 0 Å². The van der Waals surface area contributed by atoms with Crippen LogP contribution in [0.1, 0.15) is 71.1 Å². The van der Waals surface area contributed by atoms with Gasteiger partial charge in [-0.1, -0.05) is 39.0 Å². The van der Waals surface area contributed by atoms with Crippen molar-refractivity contribution >= 4 is 7.82 Å². The van der Waals surface area contributed by atoms with E-state index in [-0.39, 0.29) is 6.10 Å². The summed E-state index contributed by atoms with van der Waals surface area (Å²) in [6.45, 7) is 3.02. The van der Waals surface area contributed by atoms with Crippen molar-refractivity contribution in [1.29, 1.82) is 0 Å². The van der Waals surface area contributed by atoms with Crippen LogP contribution < -0.4 is 0 Å². The van der Waals surface area contributed by atoms with Crippen LogP contribution in [-0.2, 0) is 13.8 Å². The van der Waals surface area contributed by atoms with Gasteiger partial charge >= 0.3 is 7.82 Å². The summed E-state index contributed by atoms with van der Waals surface area (Å²) in [5.74, 6) is 0. The van der Waals surface area contributed by atoms with Crippen molar-refractivity contribution in [2.45, 2.75) is 83.3 Å². The van der Waals surface area contributed by atoms with Gasteiger partial charge in [-0.2, -0.15) is 0 Å². The van der Waals surface area contributed by atoms with Crippen molar-refractivity contribution in [3.8, 4) is 0 Å². The molecule has 0 aromatic carbocycles. The van der Waals surface area contributed by atoms with Gasteiger partial charge in [-0.05, 0) is 32.1 Å². The molecule has 1 rings (SSSR count). The first-order chi connectivity index (χ1) is 9.51. The van der Waals surface area contributed by atoms with Gasteiger partial charge in [0.05, 0.1) is 12.2 Å². The van der Waals surface area contributed by atoms with Crippen LogP contribution in [0.4, 0.5) is 0 Å². The van der Waals surface area contributed by atoms with Gasteiger partial charge in [0, 0.05) is 6.61 Å². The minimum absolute atomic E-state index is 0.322. The van der Waals surface area contributed by atoms with Gasteiger partial charge in [-0.3, -0.25) is 4.52 Å². The van der Waals surface area contributed by atoms with Crippen LogP contribution in [0.3, 0.4) is 0 Å². The number of rotatable bonds is 12. The Morgan fingerprint density at radius 1 is 1.20 bits per heavy atom. The molecule has 0 amide bonds. The summed E-state index contributed by atoms with van der Waals surface area (Å²) >= 11 is 0. The Bertz CT molecular complexity index is 287. The van der Waals surface area contributed by atoms with Gasteiger partial charge in [0.2, 0.25) is 0 Å². The molecule has 20 heavy (non-hydrogen) atoms. The zero-order valence-electron chi connectivity index (χ0n) is 12.5. The van der Waals surface area contributed by atoms with Crippen molar-refractivity contribution < 1.29 is 23.6 Å². The fourth-order valence-corrected chi connectivity index (χ4v) is 3.10. The van der Waals surface area contributed by atoms with Crippen LogP contribution in [0.2, 0.25) is 0 Å². The SMILES string of the molecule is CCCCCCCC(CCCC1CCO1)OP(=O)(O)O. The summed E-state index contributed by atoms with van der Waals surface area (Å²) in [5, 5.41) is 0. The summed E-state index contributed by atoms with van der Waals surface area (Å²) in [6.07, 6.45) is 10.2. The topological polar surface area (TPSA) is 76.0 Å². The lowest BCUT2D eigenvalue weighted by molar-refractivity contribution is -0.0566. The van der Waals surface area contributed by atoms with Crippen LogP contribution in [0.5, 0.6) is 0 Å². The van der Waals surface area contributed by atoms with E-state index in [1.165, 1.54) is 19.3 Å². The van der Waals surface area contributed by atoms with Crippen LogP contribution >= 0.6 is 7.82 Å². The van der Waals surface area contributed by atoms with Crippen molar-refractivity contribution in [3.05, 3.63) is 0 Å². The smallest absolute Gasteiger partial charge is 0.378 e. The van der Waals surface area contributed by atoms with E-state index in [2.05, 4.69) is 6.92 Å². The maximum absolute atomic E-state index is 11.0. The second-order valence-corrected chi connectivity index (χ2v) is 6.83. The molecule has 1 fully saturated rings. The lowest BCUT2D eigenvalue weighted by Gasteiger charge is -2.27. The maximum Gasteiger partial charge on any atom is 0.469 e. The molecule has 0 aromatic rings. The maximum atomic E-state index is 11.0. The van der Waals surface area contributed by atoms with E-state index in [0.29, 0.717) is 12.5 Å². The normalized spacial score (nSPS) is 20.6. The van der Waals surface area contributed by atoms with Crippen molar-refractivity contribution in [3.63, 3.8) is 0 Å². The lowest BCUT2D eigenvalue weighted by Crippen LogP contribution is -2.26. The van der Waals surface area contributed by atoms with Crippen molar-refractivity contribution in [2.24, 2.45) is 0 Å². The Labute approximate surface area is 122 Å². The summed E-state index contributed by atoms with van der Waals surface area (Å²) < 4.78 is 21.2. The monoisotopic (exact) mass is 308 g/mol. The largest absolute Gasteiger partial charge is 0.469 e. The van der Waals surface area contributed by atoms with Crippen LogP contribution in [0.15, 0.2) is 0 Å². The summed E-state index contributed by atoms with van der Waals surface area (Å²) in [6, 6.07) is 0. The quantitative estimate of drug-likeness (QED) is 0.424. The molecule has 0 bridgehead atoms. The highest BCUT2D eigenvalue weighted by atomic mass is 31.2. The molecule has 1 heterocycles.